The molecule has 0 radical (unpaired) electrons. The largest absolute Gasteiger partial charge is 0.478 e. The van der Waals surface area contributed by atoms with Crippen molar-refractivity contribution in [1.82, 2.24) is 19.7 Å². The number of nitrogens with zero attached hydrogens (tertiary/aromatic N) is 4. The predicted octanol–water partition coefficient (Wildman–Crippen LogP) is 2.60. The first kappa shape index (κ1) is 13.0. The van der Waals surface area contributed by atoms with Gasteiger partial charge in [-0.3, -0.25) is 0 Å². The Kier molecular flexibility index (Phi) is 3.15. The summed E-state index contributed by atoms with van der Waals surface area (Å²) in [6.45, 7) is 2.25. The van der Waals surface area contributed by atoms with Gasteiger partial charge in [-0.25, -0.2) is 19.4 Å². The Bertz CT molecular complexity index is 798. The number of carboxylic acid groups (broad SMARTS) is 1. The van der Waals surface area contributed by atoms with E-state index >= 15 is 0 Å². The molecule has 20 heavy (non-hydrogen) atoms. The van der Waals surface area contributed by atoms with Gasteiger partial charge in [0.05, 0.1) is 39.4 Å². The zero-order valence-electron chi connectivity index (χ0n) is 10.4. The van der Waals surface area contributed by atoms with Gasteiger partial charge in [-0.1, -0.05) is 11.6 Å². The molecule has 0 amide bonds. The maximum Gasteiger partial charge on any atom is 0.338 e. The highest BCUT2D eigenvalue weighted by molar-refractivity contribution is 7.07. The number of aryl methyl sites for hydroxylation is 1. The van der Waals surface area contributed by atoms with Crippen molar-refractivity contribution in [2.24, 2.45) is 0 Å². The SMILES string of the molecule is Cc1nn(Cc2cscn2)c2ncc(C(=O)O)c(Cl)c12. The van der Waals surface area contributed by atoms with Crippen LogP contribution in [0.15, 0.2) is 17.1 Å². The molecule has 3 aromatic rings. The molecule has 3 aromatic heterocycles. The van der Waals surface area contributed by atoms with Crippen LogP contribution in [-0.2, 0) is 6.54 Å². The lowest BCUT2D eigenvalue weighted by atomic mass is 10.2. The molecular weight excluding hydrogens is 300 g/mol. The zero-order valence-corrected chi connectivity index (χ0v) is 11.9. The highest BCUT2D eigenvalue weighted by Gasteiger charge is 2.18. The summed E-state index contributed by atoms with van der Waals surface area (Å²) in [5.74, 6) is -1.10. The summed E-state index contributed by atoms with van der Waals surface area (Å²) < 4.78 is 1.68. The van der Waals surface area contributed by atoms with Crippen LogP contribution in [0.25, 0.3) is 11.0 Å². The molecule has 0 unspecified atom stereocenters. The van der Waals surface area contributed by atoms with Crippen molar-refractivity contribution in [3.8, 4) is 0 Å². The first-order valence-corrected chi connectivity index (χ1v) is 7.02. The third-order valence-electron chi connectivity index (χ3n) is 2.90. The van der Waals surface area contributed by atoms with Crippen molar-refractivity contribution in [3.63, 3.8) is 0 Å². The molecule has 3 heterocycles. The lowest BCUT2D eigenvalue weighted by molar-refractivity contribution is 0.0697. The minimum Gasteiger partial charge on any atom is -0.478 e. The summed E-state index contributed by atoms with van der Waals surface area (Å²) in [6.07, 6.45) is 1.26. The Hall–Kier alpha value is -1.99. The topological polar surface area (TPSA) is 80.9 Å². The van der Waals surface area contributed by atoms with E-state index in [4.69, 9.17) is 16.7 Å². The van der Waals surface area contributed by atoms with E-state index in [1.165, 1.54) is 17.5 Å². The molecule has 8 heteroatoms. The van der Waals surface area contributed by atoms with Crippen LogP contribution in [0.3, 0.4) is 0 Å². The van der Waals surface area contributed by atoms with E-state index in [1.54, 1.807) is 17.1 Å². The molecule has 0 saturated heterocycles. The van der Waals surface area contributed by atoms with E-state index in [0.717, 1.165) is 5.69 Å². The lowest BCUT2D eigenvalue weighted by Crippen LogP contribution is -2.04. The van der Waals surface area contributed by atoms with Gasteiger partial charge in [0, 0.05) is 11.6 Å². The lowest BCUT2D eigenvalue weighted by Gasteiger charge is -2.02. The fourth-order valence-corrected chi connectivity index (χ4v) is 2.90. The van der Waals surface area contributed by atoms with Gasteiger partial charge in [0.15, 0.2) is 5.65 Å². The number of carboxylic acids is 1. The van der Waals surface area contributed by atoms with Gasteiger partial charge < -0.3 is 5.11 Å². The highest BCUT2D eigenvalue weighted by atomic mass is 35.5. The summed E-state index contributed by atoms with van der Waals surface area (Å²) in [7, 11) is 0. The van der Waals surface area contributed by atoms with Crippen LogP contribution in [0.4, 0.5) is 0 Å². The Morgan fingerprint density at radius 1 is 1.50 bits per heavy atom. The van der Waals surface area contributed by atoms with Crippen molar-refractivity contribution in [1.29, 1.82) is 0 Å². The van der Waals surface area contributed by atoms with Crippen LogP contribution < -0.4 is 0 Å². The smallest absolute Gasteiger partial charge is 0.338 e. The van der Waals surface area contributed by atoms with Crippen LogP contribution in [0, 0.1) is 6.92 Å². The van der Waals surface area contributed by atoms with Crippen LogP contribution in [0.2, 0.25) is 5.02 Å². The molecule has 0 aliphatic heterocycles. The summed E-state index contributed by atoms with van der Waals surface area (Å²) in [6, 6.07) is 0. The van der Waals surface area contributed by atoms with Crippen molar-refractivity contribution in [2.45, 2.75) is 13.5 Å². The Labute approximate surface area is 122 Å². The Balaban J connectivity index is 2.17. The number of hydrogen-bond acceptors (Lipinski definition) is 5. The number of fused-ring (bicyclic) bond motifs is 1. The third-order valence-corrected chi connectivity index (χ3v) is 3.93. The fourth-order valence-electron chi connectivity index (χ4n) is 2.00. The molecule has 0 saturated carbocycles. The molecule has 6 nitrogen and oxygen atoms in total. The Morgan fingerprint density at radius 3 is 2.95 bits per heavy atom. The van der Waals surface area contributed by atoms with Gasteiger partial charge in [0.25, 0.3) is 0 Å². The summed E-state index contributed by atoms with van der Waals surface area (Å²) in [5.41, 5.74) is 3.81. The van der Waals surface area contributed by atoms with Crippen molar-refractivity contribution >= 4 is 39.9 Å². The predicted molar refractivity (Wildman–Crippen MR) is 75.5 cm³/mol. The normalized spacial score (nSPS) is 11.1. The Morgan fingerprint density at radius 2 is 2.30 bits per heavy atom. The standard InChI is InChI=1S/C12H9ClN4O2S/c1-6-9-10(13)8(12(18)19)2-14-11(9)17(16-6)3-7-4-20-5-15-7/h2,4-5H,3H2,1H3,(H,18,19). The number of aromatic nitrogens is 4. The zero-order chi connectivity index (χ0) is 14.3. The molecule has 0 aromatic carbocycles. The molecule has 0 fully saturated rings. The maximum absolute atomic E-state index is 11.1. The average Bonchev–Trinajstić information content (AvgIpc) is 2.99. The molecule has 0 atom stereocenters. The highest BCUT2D eigenvalue weighted by Crippen LogP contribution is 2.28. The second-order valence-electron chi connectivity index (χ2n) is 4.21. The molecule has 3 rings (SSSR count). The first-order chi connectivity index (χ1) is 9.58. The number of carbonyl (C=O) groups is 1. The minimum atomic E-state index is -1.10. The molecular formula is C12H9ClN4O2S. The van der Waals surface area contributed by atoms with Crippen LogP contribution in [-0.4, -0.2) is 30.8 Å². The van der Waals surface area contributed by atoms with E-state index in [9.17, 15) is 4.79 Å². The minimum absolute atomic E-state index is 0.0181. The van der Waals surface area contributed by atoms with Gasteiger partial charge in [-0.2, -0.15) is 5.10 Å². The molecule has 0 aliphatic carbocycles. The molecule has 0 bridgehead atoms. The number of rotatable bonds is 3. The summed E-state index contributed by atoms with van der Waals surface area (Å²) in [4.78, 5) is 19.5. The van der Waals surface area contributed by atoms with Crippen LogP contribution in [0.5, 0.6) is 0 Å². The van der Waals surface area contributed by atoms with E-state index in [1.807, 2.05) is 5.38 Å². The first-order valence-electron chi connectivity index (χ1n) is 5.70. The van der Waals surface area contributed by atoms with E-state index in [0.29, 0.717) is 23.3 Å². The quantitative estimate of drug-likeness (QED) is 0.804. The van der Waals surface area contributed by atoms with Crippen LogP contribution in [0.1, 0.15) is 21.7 Å². The van der Waals surface area contributed by atoms with Gasteiger partial charge in [-0.05, 0) is 6.92 Å². The summed E-state index contributed by atoms with van der Waals surface area (Å²) >= 11 is 7.65. The summed E-state index contributed by atoms with van der Waals surface area (Å²) in [5, 5.41) is 16.1. The molecule has 1 N–H and O–H groups in total. The van der Waals surface area contributed by atoms with Gasteiger partial charge in [0.2, 0.25) is 0 Å². The number of thiazole rings is 1. The average molecular weight is 309 g/mol. The molecule has 102 valence electrons. The number of aromatic carboxylic acids is 1. The van der Waals surface area contributed by atoms with Crippen molar-refractivity contribution in [3.05, 3.63) is 39.1 Å². The number of hydrogen-bond donors (Lipinski definition) is 1. The fraction of sp³-hybridized carbons (Fsp3) is 0.167. The molecule has 0 spiro atoms. The number of pyridine rings is 1. The van der Waals surface area contributed by atoms with Crippen molar-refractivity contribution < 1.29 is 9.90 Å². The van der Waals surface area contributed by atoms with E-state index in [-0.39, 0.29) is 10.6 Å². The molecule has 0 aliphatic rings. The van der Waals surface area contributed by atoms with Crippen molar-refractivity contribution in [2.75, 3.05) is 0 Å². The van der Waals surface area contributed by atoms with E-state index < -0.39 is 5.97 Å². The van der Waals surface area contributed by atoms with E-state index in [2.05, 4.69) is 15.1 Å². The number of halogens is 1. The second kappa shape index (κ2) is 4.84. The second-order valence-corrected chi connectivity index (χ2v) is 5.31. The maximum atomic E-state index is 11.1. The van der Waals surface area contributed by atoms with Crippen LogP contribution >= 0.6 is 22.9 Å². The van der Waals surface area contributed by atoms with Gasteiger partial charge in [0.1, 0.15) is 0 Å². The van der Waals surface area contributed by atoms with Gasteiger partial charge in [-0.15, -0.1) is 11.3 Å². The monoisotopic (exact) mass is 308 g/mol. The third kappa shape index (κ3) is 2.04. The van der Waals surface area contributed by atoms with Gasteiger partial charge >= 0.3 is 5.97 Å².